The number of hydrogen-bond donors (Lipinski definition) is 1. The molecule has 2 heterocycles. The third kappa shape index (κ3) is 5.03. The molecule has 1 fully saturated rings. The summed E-state index contributed by atoms with van der Waals surface area (Å²) < 4.78 is 0. The molecule has 1 unspecified atom stereocenters. The van der Waals surface area contributed by atoms with Crippen LogP contribution in [-0.4, -0.2) is 40.8 Å². The maximum Gasteiger partial charge on any atom is 0.228 e. The highest BCUT2D eigenvalue weighted by molar-refractivity contribution is 5.85. The molecule has 5 heteroatoms. The molecule has 1 N–H and O–H groups in total. The normalized spacial score (nSPS) is 19.2. The second-order valence-corrected chi connectivity index (χ2v) is 8.30. The van der Waals surface area contributed by atoms with Crippen LogP contribution in [0.15, 0.2) is 48.8 Å². The predicted molar refractivity (Wildman–Crippen MR) is 115 cm³/mol. The van der Waals surface area contributed by atoms with E-state index in [2.05, 4.69) is 28.5 Å². The van der Waals surface area contributed by atoms with Crippen LogP contribution in [0.4, 0.5) is 0 Å². The molecular weight excluding hydrogens is 362 g/mol. The number of rotatable bonds is 6. The number of nitrogens with zero attached hydrogens (tertiary/aromatic N) is 2. The Labute approximate surface area is 173 Å². The summed E-state index contributed by atoms with van der Waals surface area (Å²) in [6.07, 6.45) is 6.34. The zero-order chi connectivity index (χ0) is 20.9. The van der Waals surface area contributed by atoms with Crippen molar-refractivity contribution >= 4 is 11.8 Å². The van der Waals surface area contributed by atoms with Gasteiger partial charge in [-0.3, -0.25) is 14.6 Å². The van der Waals surface area contributed by atoms with Gasteiger partial charge in [-0.2, -0.15) is 0 Å². The fourth-order valence-corrected chi connectivity index (χ4v) is 4.18. The molecule has 0 radical (unpaired) electrons. The predicted octanol–water partition coefficient (Wildman–Crippen LogP) is 3.83. The van der Waals surface area contributed by atoms with Crippen molar-refractivity contribution in [3.05, 3.63) is 54.4 Å². The van der Waals surface area contributed by atoms with Gasteiger partial charge in [-0.15, -0.1) is 0 Å². The fourth-order valence-electron chi connectivity index (χ4n) is 4.18. The lowest BCUT2D eigenvalue weighted by Gasteiger charge is -2.42. The summed E-state index contributed by atoms with van der Waals surface area (Å²) in [5.74, 6) is 0.170. The number of nitrogens with one attached hydrogen (secondary N) is 1. The maximum absolute atomic E-state index is 13.3. The number of piperidine rings is 1. The van der Waals surface area contributed by atoms with Crippen molar-refractivity contribution in [1.82, 2.24) is 15.2 Å². The van der Waals surface area contributed by atoms with Gasteiger partial charge in [-0.05, 0) is 55.9 Å². The van der Waals surface area contributed by atoms with Gasteiger partial charge in [0.1, 0.15) is 0 Å². The lowest BCUT2D eigenvalue weighted by atomic mass is 9.73. The second kappa shape index (κ2) is 9.21. The van der Waals surface area contributed by atoms with E-state index in [0.717, 1.165) is 36.1 Å². The minimum Gasteiger partial charge on any atom is -0.353 e. The molecule has 0 spiro atoms. The molecule has 0 aliphatic carbocycles. The number of likely N-dealkylation sites (tertiary alicyclic amines) is 1. The van der Waals surface area contributed by atoms with E-state index in [1.165, 1.54) is 0 Å². The topological polar surface area (TPSA) is 62.3 Å². The fraction of sp³-hybridized carbons (Fsp3) is 0.458. The van der Waals surface area contributed by atoms with Crippen molar-refractivity contribution in [3.63, 3.8) is 0 Å². The Morgan fingerprint density at radius 1 is 1.21 bits per heavy atom. The SMILES string of the molecule is CCC(=O)N1CCCC(Cc2cccc(-c3cccnc3)c2)(C(=O)NC(C)C)C1. The molecule has 0 saturated carbocycles. The van der Waals surface area contributed by atoms with E-state index in [4.69, 9.17) is 0 Å². The Kier molecular flexibility index (Phi) is 6.68. The molecule has 2 amide bonds. The first-order valence-electron chi connectivity index (χ1n) is 10.5. The van der Waals surface area contributed by atoms with Crippen LogP contribution in [0.25, 0.3) is 11.1 Å². The maximum atomic E-state index is 13.3. The molecule has 1 aliphatic rings. The van der Waals surface area contributed by atoms with Gasteiger partial charge in [0.05, 0.1) is 5.41 Å². The number of benzene rings is 1. The third-order valence-corrected chi connectivity index (χ3v) is 5.60. The Hall–Kier alpha value is -2.69. The van der Waals surface area contributed by atoms with Crippen molar-refractivity contribution in [2.75, 3.05) is 13.1 Å². The molecule has 1 aliphatic heterocycles. The summed E-state index contributed by atoms with van der Waals surface area (Å²) in [6.45, 7) is 7.05. The van der Waals surface area contributed by atoms with E-state index in [0.29, 0.717) is 19.4 Å². The zero-order valence-electron chi connectivity index (χ0n) is 17.6. The van der Waals surface area contributed by atoms with E-state index in [9.17, 15) is 9.59 Å². The van der Waals surface area contributed by atoms with Crippen molar-refractivity contribution in [3.8, 4) is 11.1 Å². The van der Waals surface area contributed by atoms with Crippen LogP contribution in [0.3, 0.4) is 0 Å². The molecule has 3 rings (SSSR count). The van der Waals surface area contributed by atoms with Crippen LogP contribution in [0.2, 0.25) is 0 Å². The van der Waals surface area contributed by atoms with E-state index in [-0.39, 0.29) is 17.9 Å². The second-order valence-electron chi connectivity index (χ2n) is 8.30. The molecular formula is C24H31N3O2. The van der Waals surface area contributed by atoms with Crippen molar-refractivity contribution in [1.29, 1.82) is 0 Å². The lowest BCUT2D eigenvalue weighted by Crippen LogP contribution is -2.55. The molecule has 0 bridgehead atoms. The van der Waals surface area contributed by atoms with Gasteiger partial charge in [-0.25, -0.2) is 0 Å². The van der Waals surface area contributed by atoms with Gasteiger partial charge < -0.3 is 10.2 Å². The average Bonchev–Trinajstić information content (AvgIpc) is 2.73. The molecule has 1 aromatic heterocycles. The Balaban J connectivity index is 1.91. The Morgan fingerprint density at radius 2 is 2.00 bits per heavy atom. The van der Waals surface area contributed by atoms with Crippen LogP contribution < -0.4 is 5.32 Å². The molecule has 1 aromatic carbocycles. The third-order valence-electron chi connectivity index (χ3n) is 5.60. The van der Waals surface area contributed by atoms with Crippen LogP contribution >= 0.6 is 0 Å². The standard InChI is InChI=1S/C24H31N3O2/c1-4-22(28)27-13-7-11-24(17-27,23(29)26-18(2)3)15-19-8-5-9-20(14-19)21-10-6-12-25-16-21/h5-6,8-10,12,14,16,18H,4,7,11,13,15,17H2,1-3H3,(H,26,29). The summed E-state index contributed by atoms with van der Waals surface area (Å²) in [5.41, 5.74) is 2.66. The molecule has 29 heavy (non-hydrogen) atoms. The highest BCUT2D eigenvalue weighted by atomic mass is 16.2. The molecule has 2 aromatic rings. The Bertz CT molecular complexity index is 850. The molecule has 5 nitrogen and oxygen atoms in total. The number of carbonyl (C=O) groups is 2. The number of hydrogen-bond acceptors (Lipinski definition) is 3. The largest absolute Gasteiger partial charge is 0.353 e. The number of pyridine rings is 1. The Morgan fingerprint density at radius 3 is 2.69 bits per heavy atom. The van der Waals surface area contributed by atoms with Crippen molar-refractivity contribution < 1.29 is 9.59 Å². The number of amides is 2. The molecule has 154 valence electrons. The van der Waals surface area contributed by atoms with Crippen LogP contribution in [0.1, 0.15) is 45.6 Å². The van der Waals surface area contributed by atoms with Gasteiger partial charge in [0, 0.05) is 37.9 Å². The first-order chi connectivity index (χ1) is 13.9. The summed E-state index contributed by atoms with van der Waals surface area (Å²) in [5, 5.41) is 3.11. The van der Waals surface area contributed by atoms with Crippen LogP contribution in [0, 0.1) is 5.41 Å². The minimum atomic E-state index is -0.596. The van der Waals surface area contributed by atoms with Crippen molar-refractivity contribution in [2.45, 2.75) is 52.5 Å². The highest BCUT2D eigenvalue weighted by Crippen LogP contribution is 2.35. The first kappa shape index (κ1) is 21.0. The lowest BCUT2D eigenvalue weighted by molar-refractivity contribution is -0.141. The number of aromatic nitrogens is 1. The van der Waals surface area contributed by atoms with Gasteiger partial charge in [-0.1, -0.05) is 37.3 Å². The average molecular weight is 394 g/mol. The van der Waals surface area contributed by atoms with Crippen LogP contribution in [0.5, 0.6) is 0 Å². The summed E-state index contributed by atoms with van der Waals surface area (Å²) in [4.78, 5) is 31.7. The van der Waals surface area contributed by atoms with Gasteiger partial charge in [0.2, 0.25) is 11.8 Å². The van der Waals surface area contributed by atoms with Gasteiger partial charge >= 0.3 is 0 Å². The smallest absolute Gasteiger partial charge is 0.228 e. The summed E-state index contributed by atoms with van der Waals surface area (Å²) in [7, 11) is 0. The van der Waals surface area contributed by atoms with Gasteiger partial charge in [0.15, 0.2) is 0 Å². The van der Waals surface area contributed by atoms with Crippen molar-refractivity contribution in [2.24, 2.45) is 5.41 Å². The summed E-state index contributed by atoms with van der Waals surface area (Å²) in [6, 6.07) is 12.3. The molecule has 1 atom stereocenters. The van der Waals surface area contributed by atoms with Crippen LogP contribution in [-0.2, 0) is 16.0 Å². The number of carbonyl (C=O) groups excluding carboxylic acids is 2. The van der Waals surface area contributed by atoms with E-state index in [1.54, 1.807) is 6.20 Å². The van der Waals surface area contributed by atoms with E-state index in [1.807, 2.05) is 50.1 Å². The minimum absolute atomic E-state index is 0.0490. The summed E-state index contributed by atoms with van der Waals surface area (Å²) >= 11 is 0. The van der Waals surface area contributed by atoms with Gasteiger partial charge in [0.25, 0.3) is 0 Å². The monoisotopic (exact) mass is 393 g/mol. The quantitative estimate of drug-likeness (QED) is 0.811. The zero-order valence-corrected chi connectivity index (χ0v) is 17.6. The van der Waals surface area contributed by atoms with E-state index >= 15 is 0 Å². The van der Waals surface area contributed by atoms with E-state index < -0.39 is 5.41 Å². The highest BCUT2D eigenvalue weighted by Gasteiger charge is 2.43. The molecule has 1 saturated heterocycles. The first-order valence-corrected chi connectivity index (χ1v) is 10.5.